The molecule has 9 heteroatoms. The summed E-state index contributed by atoms with van der Waals surface area (Å²) in [5.74, 6) is 1.21. The molecule has 1 fully saturated rings. The number of anilines is 1. The highest BCUT2D eigenvalue weighted by molar-refractivity contribution is 6.33. The molecule has 3 aromatic rings. The molecule has 0 saturated carbocycles. The number of nitrogens with zero attached hydrogens (tertiary/aromatic N) is 1. The third-order valence-corrected chi connectivity index (χ3v) is 5.49. The minimum atomic E-state index is -0.506. The number of hydrazine groups is 1. The summed E-state index contributed by atoms with van der Waals surface area (Å²) in [6.07, 6.45) is 1.48. The summed E-state index contributed by atoms with van der Waals surface area (Å²) in [6, 6.07) is 19.4. The van der Waals surface area contributed by atoms with Gasteiger partial charge in [-0.25, -0.2) is 5.01 Å². The van der Waals surface area contributed by atoms with Crippen LogP contribution in [0.25, 0.3) is 6.08 Å². The zero-order chi connectivity index (χ0) is 25.5. The van der Waals surface area contributed by atoms with E-state index < -0.39 is 11.8 Å². The van der Waals surface area contributed by atoms with Crippen LogP contribution in [0.3, 0.4) is 0 Å². The molecule has 0 spiro atoms. The normalized spacial score (nSPS) is 14.1. The number of carbonyl (C=O) groups excluding carboxylic acids is 2. The molecule has 186 valence electrons. The lowest BCUT2D eigenvalue weighted by atomic mass is 10.1. The van der Waals surface area contributed by atoms with Crippen LogP contribution >= 0.6 is 11.6 Å². The maximum absolute atomic E-state index is 12.9. The lowest BCUT2D eigenvalue weighted by Crippen LogP contribution is -2.35. The Hall–Kier alpha value is -4.17. The van der Waals surface area contributed by atoms with E-state index in [1.807, 2.05) is 25.1 Å². The number of hydrogen-bond donors (Lipinski definition) is 1. The van der Waals surface area contributed by atoms with E-state index in [2.05, 4.69) is 5.43 Å². The number of halogens is 1. The van der Waals surface area contributed by atoms with Crippen molar-refractivity contribution in [2.75, 3.05) is 31.9 Å². The Balaban J connectivity index is 1.47. The largest absolute Gasteiger partial charge is 0.497 e. The van der Waals surface area contributed by atoms with Crippen molar-refractivity contribution in [3.05, 3.63) is 82.9 Å². The van der Waals surface area contributed by atoms with E-state index in [1.165, 1.54) is 11.1 Å². The summed E-state index contributed by atoms with van der Waals surface area (Å²) in [7, 11) is 1.60. The average molecular weight is 509 g/mol. The lowest BCUT2D eigenvalue weighted by Gasteiger charge is -2.15. The number of para-hydroxylation sites is 1. The molecule has 1 aliphatic rings. The van der Waals surface area contributed by atoms with E-state index in [9.17, 15) is 9.59 Å². The van der Waals surface area contributed by atoms with Gasteiger partial charge in [-0.3, -0.25) is 15.0 Å². The van der Waals surface area contributed by atoms with E-state index in [0.717, 1.165) is 5.75 Å². The van der Waals surface area contributed by atoms with Crippen molar-refractivity contribution in [3.63, 3.8) is 0 Å². The van der Waals surface area contributed by atoms with Crippen LogP contribution in [0.15, 0.2) is 72.3 Å². The van der Waals surface area contributed by atoms with E-state index in [0.29, 0.717) is 35.1 Å². The van der Waals surface area contributed by atoms with Crippen molar-refractivity contribution >= 4 is 35.2 Å². The number of amides is 2. The van der Waals surface area contributed by atoms with Crippen molar-refractivity contribution in [2.45, 2.75) is 6.92 Å². The number of hydrogen-bond acceptors (Lipinski definition) is 6. The van der Waals surface area contributed by atoms with Gasteiger partial charge in [0.05, 0.1) is 24.4 Å². The molecule has 4 rings (SSSR count). The Labute approximate surface area is 213 Å². The molecule has 1 saturated heterocycles. The van der Waals surface area contributed by atoms with E-state index in [4.69, 9.17) is 30.5 Å². The molecular formula is C27H25ClN2O6. The van der Waals surface area contributed by atoms with Gasteiger partial charge in [-0.05, 0) is 67.1 Å². The maximum Gasteiger partial charge on any atom is 0.282 e. The van der Waals surface area contributed by atoms with Gasteiger partial charge in [0.25, 0.3) is 11.8 Å². The fourth-order valence-electron chi connectivity index (χ4n) is 3.53. The summed E-state index contributed by atoms with van der Waals surface area (Å²) >= 11 is 6.50. The highest BCUT2D eigenvalue weighted by atomic mass is 35.5. The number of methoxy groups -OCH3 is 1. The van der Waals surface area contributed by atoms with Crippen molar-refractivity contribution < 1.29 is 28.5 Å². The maximum atomic E-state index is 12.9. The molecule has 8 nitrogen and oxygen atoms in total. The van der Waals surface area contributed by atoms with E-state index in [1.54, 1.807) is 55.6 Å². The molecule has 1 aliphatic heterocycles. The molecule has 0 atom stereocenters. The highest BCUT2D eigenvalue weighted by Crippen LogP contribution is 2.37. The van der Waals surface area contributed by atoms with Gasteiger partial charge in [-0.1, -0.05) is 29.8 Å². The fourth-order valence-corrected chi connectivity index (χ4v) is 3.81. The van der Waals surface area contributed by atoms with Crippen molar-refractivity contribution in [3.8, 4) is 23.0 Å². The lowest BCUT2D eigenvalue weighted by molar-refractivity contribution is -0.117. The van der Waals surface area contributed by atoms with Crippen LogP contribution in [-0.2, 0) is 9.59 Å². The number of benzene rings is 3. The van der Waals surface area contributed by atoms with Gasteiger partial charge in [0.1, 0.15) is 30.3 Å². The topological polar surface area (TPSA) is 86.3 Å². The van der Waals surface area contributed by atoms with Gasteiger partial charge in [0.2, 0.25) is 0 Å². The van der Waals surface area contributed by atoms with Gasteiger partial charge in [-0.15, -0.1) is 0 Å². The van der Waals surface area contributed by atoms with Crippen molar-refractivity contribution in [2.24, 2.45) is 0 Å². The molecule has 2 amide bonds. The number of carbonyl (C=O) groups is 2. The minimum Gasteiger partial charge on any atom is -0.497 e. The summed E-state index contributed by atoms with van der Waals surface area (Å²) in [6.45, 7) is 2.71. The number of rotatable bonds is 10. The SMILES string of the molecule is CCOc1cc(/C=C2\C(=O)NN(c3ccccc3)C2=O)cc(Cl)c1OCCOc1ccc(OC)cc1. The Morgan fingerprint density at radius 1 is 0.917 bits per heavy atom. The summed E-state index contributed by atoms with van der Waals surface area (Å²) in [5.41, 5.74) is 3.65. The molecule has 36 heavy (non-hydrogen) atoms. The number of ether oxygens (including phenoxy) is 4. The second kappa shape index (κ2) is 11.5. The Morgan fingerprint density at radius 2 is 1.61 bits per heavy atom. The van der Waals surface area contributed by atoms with Crippen LogP contribution in [0.2, 0.25) is 5.02 Å². The van der Waals surface area contributed by atoms with Gasteiger partial charge in [-0.2, -0.15) is 0 Å². The van der Waals surface area contributed by atoms with Crippen LogP contribution in [0.4, 0.5) is 5.69 Å². The first-order valence-corrected chi connectivity index (χ1v) is 11.7. The quantitative estimate of drug-likeness (QED) is 0.243. The molecule has 3 aromatic carbocycles. The molecule has 1 N–H and O–H groups in total. The predicted molar refractivity (Wildman–Crippen MR) is 137 cm³/mol. The van der Waals surface area contributed by atoms with E-state index in [-0.39, 0.29) is 23.8 Å². The Kier molecular flexibility index (Phi) is 7.97. The van der Waals surface area contributed by atoms with Gasteiger partial charge < -0.3 is 18.9 Å². The van der Waals surface area contributed by atoms with Crippen LogP contribution in [-0.4, -0.2) is 38.7 Å². The third kappa shape index (κ3) is 5.72. The van der Waals surface area contributed by atoms with Crippen molar-refractivity contribution in [1.29, 1.82) is 0 Å². The smallest absolute Gasteiger partial charge is 0.282 e. The first-order valence-electron chi connectivity index (χ1n) is 11.3. The second-order valence-electron chi connectivity index (χ2n) is 7.61. The van der Waals surface area contributed by atoms with Gasteiger partial charge in [0, 0.05) is 0 Å². The van der Waals surface area contributed by atoms with Crippen LogP contribution < -0.4 is 29.4 Å². The Bertz CT molecular complexity index is 1260. The first kappa shape index (κ1) is 24.9. The molecular weight excluding hydrogens is 484 g/mol. The molecule has 0 bridgehead atoms. The van der Waals surface area contributed by atoms with Crippen LogP contribution in [0, 0.1) is 0 Å². The fraction of sp³-hybridized carbons (Fsp3) is 0.185. The highest BCUT2D eigenvalue weighted by Gasteiger charge is 2.34. The summed E-state index contributed by atoms with van der Waals surface area (Å²) in [4.78, 5) is 25.4. The predicted octanol–water partition coefficient (Wildman–Crippen LogP) is 4.67. The first-order chi connectivity index (χ1) is 17.5. The monoisotopic (exact) mass is 508 g/mol. The number of nitrogens with one attached hydrogen (secondary N) is 1. The second-order valence-corrected chi connectivity index (χ2v) is 8.02. The summed E-state index contributed by atoms with van der Waals surface area (Å²) < 4.78 is 22.4. The summed E-state index contributed by atoms with van der Waals surface area (Å²) in [5, 5.41) is 1.49. The zero-order valence-corrected chi connectivity index (χ0v) is 20.6. The molecule has 0 radical (unpaired) electrons. The average Bonchev–Trinajstić information content (AvgIpc) is 3.17. The molecule has 1 heterocycles. The van der Waals surface area contributed by atoms with Crippen LogP contribution in [0.1, 0.15) is 12.5 Å². The zero-order valence-electron chi connectivity index (χ0n) is 19.8. The minimum absolute atomic E-state index is 0.0149. The molecule has 0 unspecified atom stereocenters. The molecule has 0 aromatic heterocycles. The van der Waals surface area contributed by atoms with E-state index >= 15 is 0 Å². The standard InChI is InChI=1S/C27H25ClN2O6/c1-3-34-24-17-18(15-22-26(31)29-30(27(22)32)19-7-5-4-6-8-19)16-23(28)25(24)36-14-13-35-21-11-9-20(33-2)10-12-21/h4-12,15-17H,3,13-14H2,1-2H3,(H,29,31)/b22-15+. The van der Waals surface area contributed by atoms with Gasteiger partial charge in [0.15, 0.2) is 11.5 Å². The third-order valence-electron chi connectivity index (χ3n) is 5.21. The molecule has 0 aliphatic carbocycles. The Morgan fingerprint density at radius 3 is 2.31 bits per heavy atom. The van der Waals surface area contributed by atoms with Crippen LogP contribution in [0.5, 0.6) is 23.0 Å². The van der Waals surface area contributed by atoms with Crippen molar-refractivity contribution in [1.82, 2.24) is 5.43 Å². The van der Waals surface area contributed by atoms with Gasteiger partial charge >= 0.3 is 0 Å².